The van der Waals surface area contributed by atoms with E-state index >= 15 is 0 Å². The molecular weight excluding hydrogens is 172 g/mol. The van der Waals surface area contributed by atoms with E-state index in [4.69, 9.17) is 14.2 Å². The minimum Gasteiger partial charge on any atom is -0.496 e. The van der Waals surface area contributed by atoms with Gasteiger partial charge in [-0.1, -0.05) is 0 Å². The molecule has 3 N–H and O–H groups in total. The third-order valence-electron chi connectivity index (χ3n) is 1.41. The van der Waals surface area contributed by atoms with Crippen LogP contribution >= 0.6 is 0 Å². The van der Waals surface area contributed by atoms with Gasteiger partial charge in [-0.25, -0.2) is 0 Å². The van der Waals surface area contributed by atoms with Crippen LogP contribution in [-0.4, -0.2) is 26.3 Å². The first-order chi connectivity index (χ1) is 5.80. The highest BCUT2D eigenvalue weighted by Gasteiger charge is 2.01. The molecule has 0 atom stereocenters. The van der Waals surface area contributed by atoms with E-state index in [0.717, 1.165) is 0 Å². The Morgan fingerprint density at radius 3 is 1.69 bits per heavy atom. The van der Waals surface area contributed by atoms with E-state index in [9.17, 15) is 0 Å². The number of methoxy groups -OCH3 is 3. The molecule has 0 spiro atoms. The molecule has 0 aliphatic heterocycles. The van der Waals surface area contributed by atoms with E-state index in [1.54, 1.807) is 33.5 Å². The zero-order valence-corrected chi connectivity index (χ0v) is 8.03. The molecule has 0 aromatic carbocycles. The lowest BCUT2D eigenvalue weighted by Gasteiger charge is -2.05. The second-order valence-electron chi connectivity index (χ2n) is 2.09. The summed E-state index contributed by atoms with van der Waals surface area (Å²) in [7, 11) is 4.66. The van der Waals surface area contributed by atoms with Gasteiger partial charge in [0, 0.05) is 12.1 Å². The molecule has 1 aromatic heterocycles. The topological polar surface area (TPSA) is 75.6 Å². The summed E-state index contributed by atoms with van der Waals surface area (Å²) >= 11 is 0. The van der Waals surface area contributed by atoms with Crippen molar-refractivity contribution in [1.29, 1.82) is 0 Å². The Morgan fingerprint density at radius 2 is 1.38 bits per heavy atom. The largest absolute Gasteiger partial charge is 0.496 e. The SMILES string of the molecule is COc1cc(OC)nc(OC)c1.N. The fourth-order valence-electron chi connectivity index (χ4n) is 0.785. The lowest BCUT2D eigenvalue weighted by atomic mass is 10.4. The highest BCUT2D eigenvalue weighted by molar-refractivity contribution is 5.33. The fraction of sp³-hybridized carbons (Fsp3) is 0.375. The molecule has 0 radical (unpaired) electrons. The monoisotopic (exact) mass is 186 g/mol. The van der Waals surface area contributed by atoms with E-state index in [2.05, 4.69) is 4.98 Å². The lowest BCUT2D eigenvalue weighted by Crippen LogP contribution is -1.93. The first kappa shape index (κ1) is 11.5. The number of hydrogen-bond donors (Lipinski definition) is 1. The summed E-state index contributed by atoms with van der Waals surface area (Å²) in [5, 5.41) is 0. The van der Waals surface area contributed by atoms with Gasteiger partial charge in [-0.05, 0) is 0 Å². The summed E-state index contributed by atoms with van der Waals surface area (Å²) < 4.78 is 14.9. The van der Waals surface area contributed by atoms with Gasteiger partial charge < -0.3 is 20.4 Å². The van der Waals surface area contributed by atoms with Crippen molar-refractivity contribution < 1.29 is 14.2 Å². The minimum absolute atomic E-state index is 0. The van der Waals surface area contributed by atoms with Crippen molar-refractivity contribution in [2.75, 3.05) is 21.3 Å². The molecule has 0 aliphatic rings. The maximum atomic E-state index is 5.00. The highest BCUT2D eigenvalue weighted by Crippen LogP contribution is 2.22. The van der Waals surface area contributed by atoms with Crippen molar-refractivity contribution in [3.05, 3.63) is 12.1 Å². The maximum absolute atomic E-state index is 5.00. The van der Waals surface area contributed by atoms with Crippen LogP contribution in [0.1, 0.15) is 0 Å². The second kappa shape index (κ2) is 5.21. The number of pyridine rings is 1. The molecule has 74 valence electrons. The third kappa shape index (κ3) is 2.79. The summed E-state index contributed by atoms with van der Waals surface area (Å²) in [6.07, 6.45) is 0. The second-order valence-corrected chi connectivity index (χ2v) is 2.09. The van der Waals surface area contributed by atoms with Gasteiger partial charge in [0.25, 0.3) is 0 Å². The van der Waals surface area contributed by atoms with Crippen LogP contribution < -0.4 is 20.4 Å². The summed E-state index contributed by atoms with van der Waals surface area (Å²) in [6, 6.07) is 3.37. The van der Waals surface area contributed by atoms with Gasteiger partial charge in [0.1, 0.15) is 5.75 Å². The number of ether oxygens (including phenoxy) is 3. The van der Waals surface area contributed by atoms with Gasteiger partial charge in [0.05, 0.1) is 21.3 Å². The molecule has 1 rings (SSSR count). The summed E-state index contributed by atoms with van der Waals surface area (Å²) in [4.78, 5) is 3.99. The molecule has 0 saturated carbocycles. The molecule has 5 nitrogen and oxygen atoms in total. The molecule has 13 heavy (non-hydrogen) atoms. The molecule has 1 aromatic rings. The van der Waals surface area contributed by atoms with E-state index < -0.39 is 0 Å². The van der Waals surface area contributed by atoms with Crippen molar-refractivity contribution in [2.24, 2.45) is 0 Å². The van der Waals surface area contributed by atoms with Crippen LogP contribution in [0.5, 0.6) is 17.5 Å². The van der Waals surface area contributed by atoms with Crippen molar-refractivity contribution in [3.8, 4) is 17.5 Å². The molecule has 5 heteroatoms. The Kier molecular flexibility index (Phi) is 4.61. The predicted octanol–water partition coefficient (Wildman–Crippen LogP) is 1.27. The molecule has 0 unspecified atom stereocenters. The van der Waals surface area contributed by atoms with Gasteiger partial charge in [-0.3, -0.25) is 0 Å². The molecular formula is C8H14N2O3. The van der Waals surface area contributed by atoms with Crippen molar-refractivity contribution in [1.82, 2.24) is 11.1 Å². The Labute approximate surface area is 77.2 Å². The Balaban J connectivity index is 0.00000144. The standard InChI is InChI=1S/C8H11NO3.H3N/c1-10-6-4-7(11-2)9-8(5-6)12-3;/h4-5H,1-3H3;1H3. The van der Waals surface area contributed by atoms with E-state index in [1.807, 2.05) is 0 Å². The predicted molar refractivity (Wildman–Crippen MR) is 48.9 cm³/mol. The van der Waals surface area contributed by atoms with Gasteiger partial charge >= 0.3 is 0 Å². The molecule has 0 aliphatic carbocycles. The van der Waals surface area contributed by atoms with Gasteiger partial charge in [-0.2, -0.15) is 4.98 Å². The number of aromatic nitrogens is 1. The van der Waals surface area contributed by atoms with E-state index in [0.29, 0.717) is 17.5 Å². The molecule has 0 saturated heterocycles. The van der Waals surface area contributed by atoms with Crippen LogP contribution in [0.15, 0.2) is 12.1 Å². The number of hydrogen-bond acceptors (Lipinski definition) is 5. The Hall–Kier alpha value is -1.49. The smallest absolute Gasteiger partial charge is 0.220 e. The van der Waals surface area contributed by atoms with Crippen molar-refractivity contribution in [2.45, 2.75) is 0 Å². The first-order valence-corrected chi connectivity index (χ1v) is 3.44. The fourth-order valence-corrected chi connectivity index (χ4v) is 0.785. The Morgan fingerprint density at radius 1 is 0.923 bits per heavy atom. The lowest BCUT2D eigenvalue weighted by molar-refractivity contribution is 0.351. The van der Waals surface area contributed by atoms with Crippen molar-refractivity contribution >= 4 is 0 Å². The quantitative estimate of drug-likeness (QED) is 0.769. The van der Waals surface area contributed by atoms with Crippen molar-refractivity contribution in [3.63, 3.8) is 0 Å². The highest BCUT2D eigenvalue weighted by atomic mass is 16.5. The average molecular weight is 186 g/mol. The van der Waals surface area contributed by atoms with Crippen LogP contribution in [-0.2, 0) is 0 Å². The van der Waals surface area contributed by atoms with Gasteiger partial charge in [0.15, 0.2) is 0 Å². The average Bonchev–Trinajstić information content (AvgIpc) is 2.16. The molecule has 0 amide bonds. The van der Waals surface area contributed by atoms with Crippen LogP contribution in [0.25, 0.3) is 0 Å². The van der Waals surface area contributed by atoms with Gasteiger partial charge in [-0.15, -0.1) is 0 Å². The van der Waals surface area contributed by atoms with E-state index in [-0.39, 0.29) is 6.15 Å². The zero-order chi connectivity index (χ0) is 8.97. The summed E-state index contributed by atoms with van der Waals surface area (Å²) in [5.74, 6) is 1.62. The minimum atomic E-state index is 0. The molecule has 0 fully saturated rings. The third-order valence-corrected chi connectivity index (χ3v) is 1.41. The summed E-state index contributed by atoms with van der Waals surface area (Å²) in [6.45, 7) is 0. The van der Waals surface area contributed by atoms with Crippen LogP contribution in [0, 0.1) is 0 Å². The van der Waals surface area contributed by atoms with Crippen LogP contribution in [0.3, 0.4) is 0 Å². The van der Waals surface area contributed by atoms with Crippen LogP contribution in [0.4, 0.5) is 0 Å². The number of nitrogens with zero attached hydrogens (tertiary/aromatic N) is 1. The summed E-state index contributed by atoms with van der Waals surface area (Å²) in [5.41, 5.74) is 0. The zero-order valence-electron chi connectivity index (χ0n) is 8.03. The van der Waals surface area contributed by atoms with Gasteiger partial charge in [0.2, 0.25) is 11.8 Å². The molecule has 0 bridgehead atoms. The molecule has 1 heterocycles. The van der Waals surface area contributed by atoms with Crippen LogP contribution in [0.2, 0.25) is 0 Å². The Bertz CT molecular complexity index is 210. The maximum Gasteiger partial charge on any atom is 0.220 e. The van der Waals surface area contributed by atoms with E-state index in [1.165, 1.54) is 0 Å². The first-order valence-electron chi connectivity index (χ1n) is 3.44. The normalized spacial score (nSPS) is 8.54. The number of rotatable bonds is 3.